The molecule has 3 N–H and O–H groups in total. The maximum absolute atomic E-state index is 12.1. The van der Waals surface area contributed by atoms with Crippen LogP contribution in [0.4, 0.5) is 4.79 Å². The van der Waals surface area contributed by atoms with E-state index in [1.165, 1.54) is 25.7 Å². The largest absolute Gasteiger partial charge is 0.396 e. The SMILES string of the molecule is CN(CCNC(=O)N[C@H](CCO)c1ccccc1)C1CCCC1. The number of hydrogen-bond donors (Lipinski definition) is 3. The lowest BCUT2D eigenvalue weighted by atomic mass is 10.0. The lowest BCUT2D eigenvalue weighted by Gasteiger charge is -2.24. The van der Waals surface area contributed by atoms with E-state index in [0.717, 1.165) is 12.1 Å². The molecule has 1 fully saturated rings. The average Bonchev–Trinajstić information content (AvgIpc) is 3.10. The van der Waals surface area contributed by atoms with Crippen molar-refractivity contribution < 1.29 is 9.90 Å². The fraction of sp³-hybridized carbons (Fsp3) is 0.611. The van der Waals surface area contributed by atoms with Crippen LogP contribution in [0, 0.1) is 0 Å². The third-order valence-electron chi connectivity index (χ3n) is 4.62. The van der Waals surface area contributed by atoms with Gasteiger partial charge in [0, 0.05) is 25.7 Å². The highest BCUT2D eigenvalue weighted by Crippen LogP contribution is 2.21. The van der Waals surface area contributed by atoms with Crippen LogP contribution < -0.4 is 10.6 Å². The number of likely N-dealkylation sites (N-methyl/N-ethyl adjacent to an activating group) is 1. The lowest BCUT2D eigenvalue weighted by Crippen LogP contribution is -2.42. The summed E-state index contributed by atoms with van der Waals surface area (Å²) in [6, 6.07) is 10.1. The van der Waals surface area contributed by atoms with Gasteiger partial charge in [-0.05, 0) is 31.9 Å². The fourth-order valence-electron chi connectivity index (χ4n) is 3.22. The highest BCUT2D eigenvalue weighted by atomic mass is 16.3. The summed E-state index contributed by atoms with van der Waals surface area (Å²) in [5.74, 6) is 0. The third-order valence-corrected chi connectivity index (χ3v) is 4.62. The second-order valence-corrected chi connectivity index (χ2v) is 6.29. The molecular weight excluding hydrogens is 290 g/mol. The normalized spacial score (nSPS) is 16.5. The van der Waals surface area contributed by atoms with Crippen LogP contribution >= 0.6 is 0 Å². The predicted octanol–water partition coefficient (Wildman–Crippen LogP) is 2.28. The van der Waals surface area contributed by atoms with E-state index in [4.69, 9.17) is 0 Å². The van der Waals surface area contributed by atoms with E-state index in [2.05, 4.69) is 22.6 Å². The standard InChI is InChI=1S/C18H29N3O2/c1-21(16-9-5-6-10-16)13-12-19-18(23)20-17(11-14-22)15-7-3-2-4-8-15/h2-4,7-8,16-17,22H,5-6,9-14H2,1H3,(H2,19,20,23)/t17-/m1/s1. The molecule has 1 atom stereocenters. The fourth-order valence-corrected chi connectivity index (χ4v) is 3.22. The number of nitrogens with one attached hydrogen (secondary N) is 2. The topological polar surface area (TPSA) is 64.6 Å². The molecule has 0 aromatic heterocycles. The number of carbonyl (C=O) groups excluding carboxylic acids is 1. The van der Waals surface area contributed by atoms with E-state index < -0.39 is 0 Å². The van der Waals surface area contributed by atoms with Crippen molar-refractivity contribution in [3.8, 4) is 0 Å². The summed E-state index contributed by atoms with van der Waals surface area (Å²) in [5, 5.41) is 15.1. The number of nitrogens with zero attached hydrogens (tertiary/aromatic N) is 1. The number of aliphatic hydroxyl groups excluding tert-OH is 1. The highest BCUT2D eigenvalue weighted by Gasteiger charge is 2.19. The minimum Gasteiger partial charge on any atom is -0.396 e. The molecule has 1 aromatic carbocycles. The second kappa shape index (κ2) is 9.53. The van der Waals surface area contributed by atoms with Crippen molar-refractivity contribution in [1.29, 1.82) is 0 Å². The van der Waals surface area contributed by atoms with Gasteiger partial charge in [-0.3, -0.25) is 0 Å². The van der Waals surface area contributed by atoms with Gasteiger partial charge in [-0.15, -0.1) is 0 Å². The van der Waals surface area contributed by atoms with Gasteiger partial charge in [0.05, 0.1) is 6.04 Å². The maximum atomic E-state index is 12.1. The first-order chi connectivity index (χ1) is 11.2. The number of urea groups is 1. The Morgan fingerprint density at radius 1 is 1.30 bits per heavy atom. The molecule has 1 aliphatic carbocycles. The summed E-state index contributed by atoms with van der Waals surface area (Å²) in [4.78, 5) is 14.4. The molecule has 23 heavy (non-hydrogen) atoms. The van der Waals surface area contributed by atoms with Crippen molar-refractivity contribution in [2.45, 2.75) is 44.2 Å². The molecule has 1 saturated carbocycles. The van der Waals surface area contributed by atoms with Gasteiger partial charge in [-0.25, -0.2) is 4.79 Å². The summed E-state index contributed by atoms with van der Waals surface area (Å²) < 4.78 is 0. The first kappa shape index (κ1) is 17.8. The number of hydrogen-bond acceptors (Lipinski definition) is 3. The Bertz CT molecular complexity index is 461. The number of carbonyl (C=O) groups is 1. The van der Waals surface area contributed by atoms with Gasteiger partial charge >= 0.3 is 6.03 Å². The molecule has 0 heterocycles. The first-order valence-corrected chi connectivity index (χ1v) is 8.61. The van der Waals surface area contributed by atoms with Crippen LogP contribution in [-0.2, 0) is 0 Å². The molecule has 1 aliphatic rings. The second-order valence-electron chi connectivity index (χ2n) is 6.29. The van der Waals surface area contributed by atoms with Crippen LogP contribution in [0.1, 0.15) is 43.7 Å². The molecular formula is C18H29N3O2. The van der Waals surface area contributed by atoms with Crippen molar-refractivity contribution in [2.24, 2.45) is 0 Å². The monoisotopic (exact) mass is 319 g/mol. The van der Waals surface area contributed by atoms with Gasteiger partial charge in [0.1, 0.15) is 0 Å². The minimum absolute atomic E-state index is 0.0459. The van der Waals surface area contributed by atoms with Crippen molar-refractivity contribution in [1.82, 2.24) is 15.5 Å². The van der Waals surface area contributed by atoms with Crippen LogP contribution in [-0.4, -0.2) is 48.8 Å². The summed E-state index contributed by atoms with van der Waals surface area (Å²) in [7, 11) is 2.13. The Balaban J connectivity index is 1.73. The van der Waals surface area contributed by atoms with Gasteiger partial charge in [0.25, 0.3) is 0 Å². The van der Waals surface area contributed by atoms with E-state index >= 15 is 0 Å². The smallest absolute Gasteiger partial charge is 0.315 e. The van der Waals surface area contributed by atoms with E-state index in [1.54, 1.807) is 0 Å². The number of aliphatic hydroxyl groups is 1. The van der Waals surface area contributed by atoms with Crippen molar-refractivity contribution in [3.63, 3.8) is 0 Å². The molecule has 2 rings (SSSR count). The molecule has 0 unspecified atom stereocenters. The highest BCUT2D eigenvalue weighted by molar-refractivity contribution is 5.74. The summed E-state index contributed by atoms with van der Waals surface area (Å²) >= 11 is 0. The molecule has 2 amide bonds. The quantitative estimate of drug-likeness (QED) is 0.689. The Morgan fingerprint density at radius 3 is 2.65 bits per heavy atom. The molecule has 0 saturated heterocycles. The van der Waals surface area contributed by atoms with Crippen LogP contribution in [0.25, 0.3) is 0 Å². The third kappa shape index (κ3) is 5.84. The first-order valence-electron chi connectivity index (χ1n) is 8.61. The van der Waals surface area contributed by atoms with Crippen molar-refractivity contribution in [2.75, 3.05) is 26.7 Å². The summed E-state index contributed by atoms with van der Waals surface area (Å²) in [6.45, 7) is 1.55. The molecule has 0 aliphatic heterocycles. The minimum atomic E-state index is -0.174. The van der Waals surface area contributed by atoms with Gasteiger partial charge in [-0.2, -0.15) is 0 Å². The number of benzene rings is 1. The van der Waals surface area contributed by atoms with Crippen LogP contribution in [0.15, 0.2) is 30.3 Å². The van der Waals surface area contributed by atoms with Crippen LogP contribution in [0.5, 0.6) is 0 Å². The maximum Gasteiger partial charge on any atom is 0.315 e. The van der Waals surface area contributed by atoms with Crippen LogP contribution in [0.3, 0.4) is 0 Å². The van der Waals surface area contributed by atoms with E-state index in [1.807, 2.05) is 30.3 Å². The zero-order valence-corrected chi connectivity index (χ0v) is 14.0. The van der Waals surface area contributed by atoms with Gasteiger partial charge < -0.3 is 20.6 Å². The lowest BCUT2D eigenvalue weighted by molar-refractivity contribution is 0.221. The Hall–Kier alpha value is -1.59. The molecule has 128 valence electrons. The Kier molecular flexibility index (Phi) is 7.36. The Labute approximate surface area is 139 Å². The predicted molar refractivity (Wildman–Crippen MR) is 92.3 cm³/mol. The van der Waals surface area contributed by atoms with Gasteiger partial charge in [-0.1, -0.05) is 43.2 Å². The zero-order chi connectivity index (χ0) is 16.5. The van der Waals surface area contributed by atoms with Crippen LogP contribution in [0.2, 0.25) is 0 Å². The molecule has 0 radical (unpaired) electrons. The molecule has 0 bridgehead atoms. The van der Waals surface area contributed by atoms with Crippen molar-refractivity contribution >= 4 is 6.03 Å². The van der Waals surface area contributed by atoms with Gasteiger partial charge in [0.2, 0.25) is 0 Å². The average molecular weight is 319 g/mol. The summed E-state index contributed by atoms with van der Waals surface area (Å²) in [6.07, 6.45) is 5.70. The molecule has 1 aromatic rings. The van der Waals surface area contributed by atoms with E-state index in [-0.39, 0.29) is 18.7 Å². The Morgan fingerprint density at radius 2 is 2.00 bits per heavy atom. The van der Waals surface area contributed by atoms with E-state index in [0.29, 0.717) is 19.0 Å². The molecule has 0 spiro atoms. The zero-order valence-electron chi connectivity index (χ0n) is 14.0. The van der Waals surface area contributed by atoms with Crippen molar-refractivity contribution in [3.05, 3.63) is 35.9 Å². The number of rotatable bonds is 8. The number of amides is 2. The molecule has 5 nitrogen and oxygen atoms in total. The van der Waals surface area contributed by atoms with E-state index in [9.17, 15) is 9.90 Å². The van der Waals surface area contributed by atoms with Gasteiger partial charge in [0.15, 0.2) is 0 Å². The molecule has 5 heteroatoms. The summed E-state index contributed by atoms with van der Waals surface area (Å²) in [5.41, 5.74) is 1.01.